The lowest BCUT2D eigenvalue weighted by Gasteiger charge is -2.07. The summed E-state index contributed by atoms with van der Waals surface area (Å²) in [6.45, 7) is 0. The van der Waals surface area contributed by atoms with Crippen molar-refractivity contribution in [1.82, 2.24) is 4.98 Å². The summed E-state index contributed by atoms with van der Waals surface area (Å²) in [5.74, 6) is -0.0802. The minimum absolute atomic E-state index is 0.0410. The van der Waals surface area contributed by atoms with E-state index >= 15 is 0 Å². The molecule has 0 atom stereocenters. The van der Waals surface area contributed by atoms with Crippen LogP contribution in [0.5, 0.6) is 5.75 Å². The number of amides is 1. The molecule has 1 aromatic heterocycles. The van der Waals surface area contributed by atoms with E-state index in [4.69, 9.17) is 4.74 Å². The van der Waals surface area contributed by atoms with E-state index in [-0.39, 0.29) is 17.6 Å². The van der Waals surface area contributed by atoms with E-state index in [0.29, 0.717) is 16.4 Å². The van der Waals surface area contributed by atoms with Crippen LogP contribution < -0.4 is 10.1 Å². The molecule has 1 saturated carbocycles. The van der Waals surface area contributed by atoms with Crippen molar-refractivity contribution in [1.29, 1.82) is 0 Å². The average Bonchev–Trinajstić information content (AvgIpc) is 3.18. The third kappa shape index (κ3) is 3.11. The summed E-state index contributed by atoms with van der Waals surface area (Å²) in [6, 6.07) is 4.71. The van der Waals surface area contributed by atoms with E-state index in [0.717, 1.165) is 25.7 Å². The van der Waals surface area contributed by atoms with Crippen LogP contribution in [-0.4, -0.2) is 18.0 Å². The first-order valence-corrected chi connectivity index (χ1v) is 8.15. The second-order valence-corrected chi connectivity index (χ2v) is 6.22. The zero-order chi connectivity index (χ0) is 15.5. The molecule has 1 heterocycles. The molecule has 116 valence electrons. The third-order valence-corrected chi connectivity index (χ3v) is 4.67. The standard InChI is InChI=1S/C16H17FN2O2S/c1-21-14-7-6-11(8-12(14)17)13-9-22-16(18-13)19-15(20)10-4-2-3-5-10/h6-10H,2-5H2,1H3,(H,18,19,20). The summed E-state index contributed by atoms with van der Waals surface area (Å²) in [6.07, 6.45) is 4.14. The number of anilines is 1. The lowest BCUT2D eigenvalue weighted by molar-refractivity contribution is -0.119. The van der Waals surface area contributed by atoms with Gasteiger partial charge in [-0.15, -0.1) is 11.3 Å². The molecule has 0 radical (unpaired) electrons. The van der Waals surface area contributed by atoms with Crippen LogP contribution in [0.4, 0.5) is 9.52 Å². The van der Waals surface area contributed by atoms with Gasteiger partial charge in [0.05, 0.1) is 12.8 Å². The van der Waals surface area contributed by atoms with E-state index in [1.54, 1.807) is 12.1 Å². The van der Waals surface area contributed by atoms with Crippen LogP contribution in [-0.2, 0) is 4.79 Å². The van der Waals surface area contributed by atoms with Gasteiger partial charge in [-0.25, -0.2) is 9.37 Å². The van der Waals surface area contributed by atoms with Crippen molar-refractivity contribution in [3.05, 3.63) is 29.4 Å². The second-order valence-electron chi connectivity index (χ2n) is 5.36. The summed E-state index contributed by atoms with van der Waals surface area (Å²) in [5.41, 5.74) is 1.31. The number of thiazole rings is 1. The van der Waals surface area contributed by atoms with Gasteiger partial charge in [0.25, 0.3) is 0 Å². The fraction of sp³-hybridized carbons (Fsp3) is 0.375. The molecular formula is C16H17FN2O2S. The Morgan fingerprint density at radius 3 is 2.86 bits per heavy atom. The predicted octanol–water partition coefficient (Wildman–Crippen LogP) is 4.09. The zero-order valence-electron chi connectivity index (χ0n) is 12.3. The number of aromatic nitrogens is 1. The number of ether oxygens (including phenoxy) is 1. The molecule has 3 rings (SSSR count). The molecule has 6 heteroatoms. The molecule has 22 heavy (non-hydrogen) atoms. The summed E-state index contributed by atoms with van der Waals surface area (Å²) in [5, 5.41) is 5.23. The van der Waals surface area contributed by atoms with Crippen LogP contribution >= 0.6 is 11.3 Å². The highest BCUT2D eigenvalue weighted by Crippen LogP contribution is 2.30. The molecule has 0 aliphatic heterocycles. The van der Waals surface area contributed by atoms with E-state index in [9.17, 15) is 9.18 Å². The predicted molar refractivity (Wildman–Crippen MR) is 84.6 cm³/mol. The molecule has 1 N–H and O–H groups in total. The number of nitrogens with zero attached hydrogens (tertiary/aromatic N) is 1. The van der Waals surface area contributed by atoms with Crippen LogP contribution in [0, 0.1) is 11.7 Å². The topological polar surface area (TPSA) is 51.2 Å². The van der Waals surface area contributed by atoms with Crippen LogP contribution in [0.3, 0.4) is 0 Å². The number of rotatable bonds is 4. The van der Waals surface area contributed by atoms with E-state index in [1.807, 2.05) is 5.38 Å². The lowest BCUT2D eigenvalue weighted by Crippen LogP contribution is -2.20. The Balaban J connectivity index is 1.73. The van der Waals surface area contributed by atoms with E-state index in [2.05, 4.69) is 10.3 Å². The number of carbonyl (C=O) groups is 1. The van der Waals surface area contributed by atoms with Crippen LogP contribution in [0.25, 0.3) is 11.3 Å². The zero-order valence-corrected chi connectivity index (χ0v) is 13.1. The maximum absolute atomic E-state index is 13.7. The van der Waals surface area contributed by atoms with Gasteiger partial charge in [-0.05, 0) is 31.0 Å². The molecule has 2 aromatic rings. The second kappa shape index (κ2) is 6.44. The Morgan fingerprint density at radius 2 is 2.18 bits per heavy atom. The van der Waals surface area contributed by atoms with Gasteiger partial charge >= 0.3 is 0 Å². The number of methoxy groups -OCH3 is 1. The Labute approximate surface area is 132 Å². The Hall–Kier alpha value is -1.95. The molecule has 1 aliphatic carbocycles. The molecule has 4 nitrogen and oxygen atoms in total. The first-order valence-electron chi connectivity index (χ1n) is 7.27. The number of halogens is 1. The minimum atomic E-state index is -0.426. The van der Waals surface area contributed by atoms with Crippen molar-refractivity contribution in [3.63, 3.8) is 0 Å². The van der Waals surface area contributed by atoms with Crippen LogP contribution in [0.2, 0.25) is 0 Å². The molecule has 0 bridgehead atoms. The monoisotopic (exact) mass is 320 g/mol. The molecule has 0 saturated heterocycles. The molecule has 1 aliphatic rings. The fourth-order valence-corrected chi connectivity index (χ4v) is 3.41. The number of nitrogens with one attached hydrogen (secondary N) is 1. The molecular weight excluding hydrogens is 303 g/mol. The van der Waals surface area contributed by atoms with Gasteiger partial charge in [-0.2, -0.15) is 0 Å². The Bertz CT molecular complexity index is 681. The van der Waals surface area contributed by atoms with Gasteiger partial charge in [0.15, 0.2) is 16.7 Å². The van der Waals surface area contributed by atoms with Gasteiger partial charge < -0.3 is 10.1 Å². The van der Waals surface area contributed by atoms with Gasteiger partial charge in [0.2, 0.25) is 5.91 Å². The van der Waals surface area contributed by atoms with E-state index in [1.165, 1.54) is 24.5 Å². The van der Waals surface area contributed by atoms with Crippen molar-refractivity contribution in [2.45, 2.75) is 25.7 Å². The van der Waals surface area contributed by atoms with Crippen molar-refractivity contribution in [2.75, 3.05) is 12.4 Å². The minimum Gasteiger partial charge on any atom is -0.494 e. The Morgan fingerprint density at radius 1 is 1.41 bits per heavy atom. The van der Waals surface area contributed by atoms with Crippen molar-refractivity contribution >= 4 is 22.4 Å². The maximum Gasteiger partial charge on any atom is 0.229 e. The normalized spacial score (nSPS) is 15.0. The highest BCUT2D eigenvalue weighted by molar-refractivity contribution is 7.14. The van der Waals surface area contributed by atoms with Crippen molar-refractivity contribution < 1.29 is 13.9 Å². The summed E-state index contributed by atoms with van der Waals surface area (Å²) in [4.78, 5) is 16.4. The van der Waals surface area contributed by atoms with Gasteiger partial charge in [-0.3, -0.25) is 4.79 Å². The van der Waals surface area contributed by atoms with Gasteiger partial charge in [0.1, 0.15) is 0 Å². The first-order chi connectivity index (χ1) is 10.7. The number of benzene rings is 1. The highest BCUT2D eigenvalue weighted by atomic mass is 32.1. The summed E-state index contributed by atoms with van der Waals surface area (Å²) >= 11 is 1.35. The van der Waals surface area contributed by atoms with Crippen molar-refractivity contribution in [2.24, 2.45) is 5.92 Å². The lowest BCUT2D eigenvalue weighted by atomic mass is 10.1. The van der Waals surface area contributed by atoms with E-state index < -0.39 is 5.82 Å². The van der Waals surface area contributed by atoms with Crippen molar-refractivity contribution in [3.8, 4) is 17.0 Å². The molecule has 1 aromatic carbocycles. The summed E-state index contributed by atoms with van der Waals surface area (Å²) in [7, 11) is 1.43. The molecule has 1 amide bonds. The van der Waals surface area contributed by atoms with Gasteiger partial charge in [0, 0.05) is 16.9 Å². The Kier molecular flexibility index (Phi) is 4.38. The third-order valence-electron chi connectivity index (χ3n) is 3.91. The van der Waals surface area contributed by atoms with Crippen LogP contribution in [0.1, 0.15) is 25.7 Å². The smallest absolute Gasteiger partial charge is 0.229 e. The number of hydrogen-bond donors (Lipinski definition) is 1. The van der Waals surface area contributed by atoms with Gasteiger partial charge in [-0.1, -0.05) is 12.8 Å². The summed E-state index contributed by atoms with van der Waals surface area (Å²) < 4.78 is 18.6. The number of hydrogen-bond acceptors (Lipinski definition) is 4. The van der Waals surface area contributed by atoms with Crippen LogP contribution in [0.15, 0.2) is 23.6 Å². The largest absolute Gasteiger partial charge is 0.494 e. The SMILES string of the molecule is COc1ccc(-c2csc(NC(=O)C3CCCC3)n2)cc1F. The quantitative estimate of drug-likeness (QED) is 0.923. The molecule has 0 unspecified atom stereocenters. The fourth-order valence-electron chi connectivity index (χ4n) is 2.68. The molecule has 0 spiro atoms. The first kappa shape index (κ1) is 15.0. The average molecular weight is 320 g/mol. The highest BCUT2D eigenvalue weighted by Gasteiger charge is 2.23. The number of carbonyl (C=O) groups excluding carboxylic acids is 1. The maximum atomic E-state index is 13.7. The molecule has 1 fully saturated rings.